The van der Waals surface area contributed by atoms with E-state index in [0.717, 1.165) is 6.42 Å². The number of benzene rings is 6. The molecule has 0 aliphatic heterocycles. The van der Waals surface area contributed by atoms with Gasteiger partial charge in [-0.2, -0.15) is 0 Å². The third-order valence-corrected chi connectivity index (χ3v) is 9.28. The second kappa shape index (κ2) is 10.0. The van der Waals surface area contributed by atoms with E-state index in [-0.39, 0.29) is 5.92 Å². The lowest BCUT2D eigenvalue weighted by atomic mass is 9.93. The fraction of sp³-hybridized carbons (Fsp3) is 0.122. The van der Waals surface area contributed by atoms with Crippen LogP contribution < -0.4 is 0 Å². The maximum Gasteiger partial charge on any atom is 0.0541 e. The lowest BCUT2D eigenvalue weighted by Gasteiger charge is -2.16. The van der Waals surface area contributed by atoms with Crippen molar-refractivity contribution in [3.8, 4) is 11.4 Å². The van der Waals surface area contributed by atoms with Crippen molar-refractivity contribution >= 4 is 43.6 Å². The van der Waals surface area contributed by atoms with Crippen LogP contribution in [0.2, 0.25) is 0 Å². The van der Waals surface area contributed by atoms with Crippen LogP contribution in [0.5, 0.6) is 0 Å². The standard InChI is InChI=1S/C41H34N2/c1-4-29-14-24-41-37(26-29)35-10-6-8-12-39(35)43(41)33-21-17-31(18-22-33)28(3)30-15-19-32(20-16-30)42-38-11-7-5-9-34(38)36-25-27(2)13-23-40(36)42/h5-26,28H,4H2,1-3H3. The van der Waals surface area contributed by atoms with Gasteiger partial charge in [0.25, 0.3) is 0 Å². The van der Waals surface area contributed by atoms with Gasteiger partial charge in [0.2, 0.25) is 0 Å². The molecule has 1 atom stereocenters. The number of para-hydroxylation sites is 2. The first-order valence-electron chi connectivity index (χ1n) is 15.3. The van der Waals surface area contributed by atoms with Gasteiger partial charge in [0.05, 0.1) is 22.1 Å². The molecule has 0 aliphatic carbocycles. The molecule has 2 aromatic heterocycles. The first-order valence-corrected chi connectivity index (χ1v) is 15.3. The van der Waals surface area contributed by atoms with Gasteiger partial charge in [-0.05, 0) is 90.7 Å². The maximum absolute atomic E-state index is 2.40. The van der Waals surface area contributed by atoms with Gasteiger partial charge in [0.15, 0.2) is 0 Å². The molecule has 0 bridgehead atoms. The van der Waals surface area contributed by atoms with Crippen LogP contribution in [0.1, 0.15) is 42.0 Å². The molecule has 0 amide bonds. The van der Waals surface area contributed by atoms with E-state index in [9.17, 15) is 0 Å². The largest absolute Gasteiger partial charge is 0.309 e. The van der Waals surface area contributed by atoms with Crippen LogP contribution in [0.3, 0.4) is 0 Å². The van der Waals surface area contributed by atoms with E-state index < -0.39 is 0 Å². The highest BCUT2D eigenvalue weighted by Gasteiger charge is 2.15. The molecule has 0 saturated heterocycles. The van der Waals surface area contributed by atoms with Crippen LogP contribution in [0.4, 0.5) is 0 Å². The number of nitrogens with zero attached hydrogens (tertiary/aromatic N) is 2. The summed E-state index contributed by atoms with van der Waals surface area (Å²) in [5, 5.41) is 5.24. The van der Waals surface area contributed by atoms with Crippen LogP contribution >= 0.6 is 0 Å². The van der Waals surface area contributed by atoms with Crippen molar-refractivity contribution in [2.45, 2.75) is 33.1 Å². The number of aryl methyl sites for hydroxylation is 2. The molecule has 8 aromatic rings. The van der Waals surface area contributed by atoms with E-state index in [4.69, 9.17) is 0 Å². The van der Waals surface area contributed by atoms with Gasteiger partial charge < -0.3 is 9.13 Å². The molecule has 0 saturated carbocycles. The van der Waals surface area contributed by atoms with Crippen molar-refractivity contribution in [1.82, 2.24) is 9.13 Å². The summed E-state index contributed by atoms with van der Waals surface area (Å²) in [5.41, 5.74) is 12.7. The fourth-order valence-electron chi connectivity index (χ4n) is 6.90. The summed E-state index contributed by atoms with van der Waals surface area (Å²) in [6.07, 6.45) is 1.04. The zero-order valence-corrected chi connectivity index (χ0v) is 24.9. The third kappa shape index (κ3) is 4.09. The van der Waals surface area contributed by atoms with Crippen LogP contribution in [-0.2, 0) is 6.42 Å². The van der Waals surface area contributed by atoms with E-state index in [2.05, 4.69) is 163 Å². The third-order valence-electron chi connectivity index (χ3n) is 9.28. The van der Waals surface area contributed by atoms with Gasteiger partial charge in [0.1, 0.15) is 0 Å². The minimum absolute atomic E-state index is 0.286. The van der Waals surface area contributed by atoms with Crippen molar-refractivity contribution in [3.05, 3.63) is 156 Å². The Hall–Kier alpha value is -5.08. The minimum Gasteiger partial charge on any atom is -0.309 e. The zero-order valence-electron chi connectivity index (χ0n) is 24.9. The Morgan fingerprint density at radius 1 is 0.488 bits per heavy atom. The second-order valence-electron chi connectivity index (χ2n) is 11.8. The average Bonchev–Trinajstić information content (AvgIpc) is 3.57. The van der Waals surface area contributed by atoms with E-state index in [1.807, 2.05) is 0 Å². The van der Waals surface area contributed by atoms with E-state index in [1.54, 1.807) is 0 Å². The summed E-state index contributed by atoms with van der Waals surface area (Å²) in [6.45, 7) is 6.69. The summed E-state index contributed by atoms with van der Waals surface area (Å²) < 4.78 is 4.79. The molecule has 0 fully saturated rings. The van der Waals surface area contributed by atoms with Gasteiger partial charge >= 0.3 is 0 Å². The predicted molar refractivity (Wildman–Crippen MR) is 183 cm³/mol. The maximum atomic E-state index is 2.40. The Labute approximate surface area is 252 Å². The quantitative estimate of drug-likeness (QED) is 0.200. The molecular weight excluding hydrogens is 520 g/mol. The average molecular weight is 555 g/mol. The van der Waals surface area contributed by atoms with Gasteiger partial charge in [-0.1, -0.05) is 92.2 Å². The molecule has 8 rings (SSSR count). The van der Waals surface area contributed by atoms with Crippen molar-refractivity contribution in [2.75, 3.05) is 0 Å². The number of fused-ring (bicyclic) bond motifs is 6. The smallest absolute Gasteiger partial charge is 0.0541 e. The van der Waals surface area contributed by atoms with E-state index in [1.165, 1.54) is 77.2 Å². The van der Waals surface area contributed by atoms with Crippen LogP contribution in [0, 0.1) is 6.92 Å². The minimum atomic E-state index is 0.286. The van der Waals surface area contributed by atoms with Crippen LogP contribution in [-0.4, -0.2) is 9.13 Å². The molecular formula is C41H34N2. The highest BCUT2D eigenvalue weighted by atomic mass is 15.0. The number of aromatic nitrogens is 2. The zero-order chi connectivity index (χ0) is 29.1. The van der Waals surface area contributed by atoms with Crippen molar-refractivity contribution in [2.24, 2.45) is 0 Å². The molecule has 2 heteroatoms. The van der Waals surface area contributed by atoms with E-state index in [0.29, 0.717) is 0 Å². The molecule has 208 valence electrons. The van der Waals surface area contributed by atoms with Gasteiger partial charge in [-0.15, -0.1) is 0 Å². The van der Waals surface area contributed by atoms with Gasteiger partial charge in [-0.3, -0.25) is 0 Å². The summed E-state index contributed by atoms with van der Waals surface area (Å²) >= 11 is 0. The lowest BCUT2D eigenvalue weighted by molar-refractivity contribution is 0.919. The Morgan fingerprint density at radius 3 is 1.49 bits per heavy atom. The number of hydrogen-bond donors (Lipinski definition) is 0. The van der Waals surface area contributed by atoms with Gasteiger partial charge in [-0.25, -0.2) is 0 Å². The predicted octanol–water partition coefficient (Wildman–Crippen LogP) is 10.9. The van der Waals surface area contributed by atoms with Crippen molar-refractivity contribution in [1.29, 1.82) is 0 Å². The molecule has 0 radical (unpaired) electrons. The highest BCUT2D eigenvalue weighted by molar-refractivity contribution is 6.10. The molecule has 0 aliphatic rings. The van der Waals surface area contributed by atoms with Gasteiger partial charge in [0, 0.05) is 38.8 Å². The number of hydrogen-bond acceptors (Lipinski definition) is 0. The lowest BCUT2D eigenvalue weighted by Crippen LogP contribution is -1.99. The summed E-state index contributed by atoms with van der Waals surface area (Å²) in [6, 6.07) is 49.4. The summed E-state index contributed by atoms with van der Waals surface area (Å²) in [5.74, 6) is 0.286. The molecule has 1 unspecified atom stereocenters. The molecule has 6 aromatic carbocycles. The van der Waals surface area contributed by atoms with Crippen molar-refractivity contribution < 1.29 is 0 Å². The Bertz CT molecular complexity index is 2280. The fourth-order valence-corrected chi connectivity index (χ4v) is 6.90. The summed E-state index contributed by atoms with van der Waals surface area (Å²) in [7, 11) is 0. The van der Waals surface area contributed by atoms with E-state index >= 15 is 0 Å². The number of rotatable bonds is 5. The normalized spacial score (nSPS) is 12.5. The SMILES string of the molecule is CCc1ccc2c(c1)c1ccccc1n2-c1ccc(C(C)c2ccc(-n3c4ccccc4c4cc(C)ccc43)cc2)cc1. The highest BCUT2D eigenvalue weighted by Crippen LogP contribution is 2.35. The first-order chi connectivity index (χ1) is 21.1. The first kappa shape index (κ1) is 25.6. The Kier molecular flexibility index (Phi) is 5.97. The second-order valence-corrected chi connectivity index (χ2v) is 11.8. The molecule has 2 nitrogen and oxygen atoms in total. The monoisotopic (exact) mass is 554 g/mol. The molecule has 2 heterocycles. The van der Waals surface area contributed by atoms with Crippen LogP contribution in [0.15, 0.2) is 133 Å². The Morgan fingerprint density at radius 2 is 0.953 bits per heavy atom. The molecule has 0 N–H and O–H groups in total. The summed E-state index contributed by atoms with van der Waals surface area (Å²) in [4.78, 5) is 0. The molecule has 43 heavy (non-hydrogen) atoms. The topological polar surface area (TPSA) is 9.86 Å². The molecule has 0 spiro atoms. The van der Waals surface area contributed by atoms with Crippen molar-refractivity contribution in [3.63, 3.8) is 0 Å². The van der Waals surface area contributed by atoms with Crippen LogP contribution in [0.25, 0.3) is 55.0 Å². The Balaban J connectivity index is 1.14.